The largest absolute Gasteiger partial charge is 0.299 e. The predicted molar refractivity (Wildman–Crippen MR) is 87.7 cm³/mol. The first-order valence-electron chi connectivity index (χ1n) is 7.69. The third-order valence-electron chi connectivity index (χ3n) is 4.16. The molecule has 3 rings (SSSR count). The smallest absolute Gasteiger partial charge is 0.140 e. The Morgan fingerprint density at radius 3 is 2.24 bits per heavy atom. The second kappa shape index (κ2) is 6.53. The maximum Gasteiger partial charge on any atom is 0.140 e. The minimum absolute atomic E-state index is 0.0568. The summed E-state index contributed by atoms with van der Waals surface area (Å²) in [5, 5.41) is 0. The molecule has 1 aliphatic rings. The van der Waals surface area contributed by atoms with Gasteiger partial charge in [-0.3, -0.25) is 4.79 Å². The third-order valence-corrected chi connectivity index (χ3v) is 4.16. The van der Waals surface area contributed by atoms with Crippen LogP contribution in [-0.2, 0) is 4.79 Å². The number of benzene rings is 2. The quantitative estimate of drug-likeness (QED) is 0.722. The van der Waals surface area contributed by atoms with E-state index in [1.807, 2.05) is 36.4 Å². The van der Waals surface area contributed by atoms with Crippen LogP contribution in [0.4, 0.5) is 0 Å². The number of carbonyl (C=O) groups excluding carboxylic acids is 1. The fourth-order valence-corrected chi connectivity index (χ4v) is 3.06. The topological polar surface area (TPSA) is 17.1 Å². The Balaban J connectivity index is 2.03. The molecule has 2 aromatic carbocycles. The number of allylic oxidation sites excluding steroid dienone is 1. The monoisotopic (exact) mass is 276 g/mol. The van der Waals surface area contributed by atoms with E-state index >= 15 is 0 Å². The molecule has 0 bridgehead atoms. The summed E-state index contributed by atoms with van der Waals surface area (Å²) in [4.78, 5) is 12.4. The van der Waals surface area contributed by atoms with Crippen molar-refractivity contribution in [3.8, 4) is 0 Å². The highest BCUT2D eigenvalue weighted by Gasteiger charge is 2.26. The van der Waals surface area contributed by atoms with Gasteiger partial charge in [-0.05, 0) is 29.5 Å². The highest BCUT2D eigenvalue weighted by atomic mass is 16.1. The predicted octanol–water partition coefficient (Wildman–Crippen LogP) is 4.99. The molecule has 0 aromatic heterocycles. The summed E-state index contributed by atoms with van der Waals surface area (Å²) < 4.78 is 0. The van der Waals surface area contributed by atoms with Crippen LogP contribution in [0.1, 0.15) is 36.8 Å². The lowest BCUT2D eigenvalue weighted by Gasteiger charge is -2.24. The first-order valence-corrected chi connectivity index (χ1v) is 7.69. The van der Waals surface area contributed by atoms with Crippen LogP contribution in [0.25, 0.3) is 11.6 Å². The molecule has 106 valence electrons. The molecule has 2 aromatic rings. The van der Waals surface area contributed by atoms with Crippen molar-refractivity contribution < 1.29 is 4.79 Å². The Hall–Kier alpha value is -2.15. The van der Waals surface area contributed by atoms with Crippen molar-refractivity contribution in [2.75, 3.05) is 0 Å². The number of ketones is 1. The maximum absolute atomic E-state index is 12.4. The zero-order valence-corrected chi connectivity index (χ0v) is 12.2. The molecule has 0 saturated heterocycles. The third kappa shape index (κ3) is 3.30. The average Bonchev–Trinajstić information content (AvgIpc) is 2.55. The molecule has 0 aliphatic heterocycles. The second-order valence-electron chi connectivity index (χ2n) is 5.64. The zero-order valence-electron chi connectivity index (χ0n) is 12.2. The van der Waals surface area contributed by atoms with E-state index in [1.54, 1.807) is 0 Å². The Labute approximate surface area is 126 Å². The fourth-order valence-electron chi connectivity index (χ4n) is 3.06. The van der Waals surface area contributed by atoms with Gasteiger partial charge < -0.3 is 0 Å². The van der Waals surface area contributed by atoms with Gasteiger partial charge in [0.1, 0.15) is 5.78 Å². The second-order valence-corrected chi connectivity index (χ2v) is 5.64. The van der Waals surface area contributed by atoms with Gasteiger partial charge in [0.2, 0.25) is 0 Å². The van der Waals surface area contributed by atoms with Crippen LogP contribution in [0.2, 0.25) is 0 Å². The summed E-state index contributed by atoms with van der Waals surface area (Å²) in [6.45, 7) is 0. The molecule has 1 atom stereocenters. The molecule has 0 amide bonds. The van der Waals surface area contributed by atoms with E-state index in [4.69, 9.17) is 0 Å². The van der Waals surface area contributed by atoms with Crippen molar-refractivity contribution in [1.29, 1.82) is 0 Å². The molecule has 0 spiro atoms. The summed E-state index contributed by atoms with van der Waals surface area (Å²) in [6.07, 6.45) is 6.08. The van der Waals surface area contributed by atoms with Gasteiger partial charge in [0.15, 0.2) is 0 Å². The van der Waals surface area contributed by atoms with Crippen molar-refractivity contribution in [3.63, 3.8) is 0 Å². The Morgan fingerprint density at radius 2 is 1.57 bits per heavy atom. The van der Waals surface area contributed by atoms with Gasteiger partial charge in [0.05, 0.1) is 0 Å². The van der Waals surface area contributed by atoms with Crippen molar-refractivity contribution >= 4 is 17.4 Å². The van der Waals surface area contributed by atoms with Gasteiger partial charge in [-0.15, -0.1) is 0 Å². The highest BCUT2D eigenvalue weighted by molar-refractivity contribution is 5.98. The zero-order chi connectivity index (χ0) is 14.5. The van der Waals surface area contributed by atoms with Gasteiger partial charge in [-0.25, -0.2) is 0 Å². The Morgan fingerprint density at radius 1 is 0.905 bits per heavy atom. The van der Waals surface area contributed by atoms with Gasteiger partial charge in [-0.2, -0.15) is 0 Å². The van der Waals surface area contributed by atoms with E-state index in [0.717, 1.165) is 31.2 Å². The average molecular weight is 276 g/mol. The summed E-state index contributed by atoms with van der Waals surface area (Å²) in [5.74, 6) is 0.452. The standard InChI is InChI=1S/C20H20O/c21-20-14-8-7-13-18(20)19(17-11-5-2-6-12-17)15-16-9-3-1-4-10-16/h1-6,9-12,15,18H,7-8,13-14H2/b19-15+/t18-/m1/s1. The number of hydrogen-bond acceptors (Lipinski definition) is 1. The molecule has 0 radical (unpaired) electrons. The summed E-state index contributed by atoms with van der Waals surface area (Å²) in [7, 11) is 0. The summed E-state index contributed by atoms with van der Waals surface area (Å²) in [6, 6.07) is 20.6. The fraction of sp³-hybridized carbons (Fsp3) is 0.250. The normalized spacial score (nSPS) is 19.5. The van der Waals surface area contributed by atoms with Crippen LogP contribution < -0.4 is 0 Å². The minimum Gasteiger partial charge on any atom is -0.299 e. The molecule has 1 aliphatic carbocycles. The van der Waals surface area contributed by atoms with E-state index < -0.39 is 0 Å². The van der Waals surface area contributed by atoms with Gasteiger partial charge in [0, 0.05) is 12.3 Å². The van der Waals surface area contributed by atoms with Crippen LogP contribution in [-0.4, -0.2) is 5.78 Å². The van der Waals surface area contributed by atoms with Crippen LogP contribution in [0.3, 0.4) is 0 Å². The Kier molecular flexibility index (Phi) is 4.30. The van der Waals surface area contributed by atoms with E-state index in [9.17, 15) is 4.79 Å². The first kappa shape index (κ1) is 13.8. The number of rotatable bonds is 3. The maximum atomic E-state index is 12.4. The Bertz CT molecular complexity index is 625. The molecule has 0 unspecified atom stereocenters. The molecule has 1 saturated carbocycles. The lowest BCUT2D eigenvalue weighted by molar-refractivity contribution is -0.122. The van der Waals surface area contributed by atoms with Crippen LogP contribution in [0.15, 0.2) is 60.7 Å². The number of carbonyl (C=O) groups is 1. The lowest BCUT2D eigenvalue weighted by atomic mass is 9.79. The molecule has 1 nitrogen and oxygen atoms in total. The van der Waals surface area contributed by atoms with E-state index in [-0.39, 0.29) is 5.92 Å². The van der Waals surface area contributed by atoms with Crippen molar-refractivity contribution in [2.24, 2.45) is 5.92 Å². The SMILES string of the molecule is O=C1CCCC[C@@H]1/C(=C/c1ccccc1)c1ccccc1. The molecule has 1 heteroatoms. The van der Waals surface area contributed by atoms with E-state index in [2.05, 4.69) is 30.3 Å². The van der Waals surface area contributed by atoms with Crippen molar-refractivity contribution in [1.82, 2.24) is 0 Å². The molecule has 1 fully saturated rings. The lowest BCUT2D eigenvalue weighted by Crippen LogP contribution is -2.20. The van der Waals surface area contributed by atoms with E-state index in [0.29, 0.717) is 5.78 Å². The summed E-state index contributed by atoms with van der Waals surface area (Å²) in [5.41, 5.74) is 3.50. The minimum atomic E-state index is 0.0568. The molecule has 21 heavy (non-hydrogen) atoms. The van der Waals surface area contributed by atoms with Crippen molar-refractivity contribution in [2.45, 2.75) is 25.7 Å². The van der Waals surface area contributed by atoms with Gasteiger partial charge in [0.25, 0.3) is 0 Å². The van der Waals surface area contributed by atoms with E-state index in [1.165, 1.54) is 11.1 Å². The van der Waals surface area contributed by atoms with Crippen LogP contribution >= 0.6 is 0 Å². The molecular formula is C20H20O. The van der Waals surface area contributed by atoms with Crippen LogP contribution in [0, 0.1) is 5.92 Å². The van der Waals surface area contributed by atoms with Crippen LogP contribution in [0.5, 0.6) is 0 Å². The highest BCUT2D eigenvalue weighted by Crippen LogP contribution is 2.34. The van der Waals surface area contributed by atoms with Gasteiger partial charge in [-0.1, -0.05) is 73.2 Å². The summed E-state index contributed by atoms with van der Waals surface area (Å²) >= 11 is 0. The van der Waals surface area contributed by atoms with Gasteiger partial charge >= 0.3 is 0 Å². The number of Topliss-reactive ketones (excluding diaryl/α,β-unsaturated/α-hetero) is 1. The number of hydrogen-bond donors (Lipinski definition) is 0. The molecule has 0 N–H and O–H groups in total. The molecule has 0 heterocycles. The molecular weight excluding hydrogens is 256 g/mol. The van der Waals surface area contributed by atoms with Crippen molar-refractivity contribution in [3.05, 3.63) is 71.8 Å². The first-order chi connectivity index (χ1) is 10.3.